The fraction of sp³-hybridized carbons (Fsp3) is 0.308. The minimum absolute atomic E-state index is 0.125. The first kappa shape index (κ1) is 23.9. The quantitative estimate of drug-likeness (QED) is 0.328. The zero-order valence-corrected chi connectivity index (χ0v) is 20.7. The van der Waals surface area contributed by atoms with Crippen molar-refractivity contribution in [1.29, 1.82) is 0 Å². The van der Waals surface area contributed by atoms with E-state index in [9.17, 15) is 4.79 Å². The summed E-state index contributed by atoms with van der Waals surface area (Å²) in [5, 5.41) is 22.0. The van der Waals surface area contributed by atoms with Gasteiger partial charge in [-0.2, -0.15) is 4.52 Å². The number of carbonyl (C=O) groups is 1. The molecule has 1 aliphatic rings. The van der Waals surface area contributed by atoms with Crippen LogP contribution in [0.15, 0.2) is 53.2 Å². The highest BCUT2D eigenvalue weighted by Crippen LogP contribution is 2.29. The maximum absolute atomic E-state index is 12.6. The molecule has 1 amide bonds. The number of benzene rings is 1. The zero-order valence-electron chi connectivity index (χ0n) is 20.7. The van der Waals surface area contributed by atoms with Crippen LogP contribution in [-0.4, -0.2) is 62.2 Å². The molecule has 1 aromatic carbocycles. The van der Waals surface area contributed by atoms with Gasteiger partial charge in [0.1, 0.15) is 13.2 Å². The molecule has 0 atom stereocenters. The highest BCUT2D eigenvalue weighted by Gasteiger charge is 2.20. The summed E-state index contributed by atoms with van der Waals surface area (Å²) in [5.74, 6) is 1.22. The van der Waals surface area contributed by atoms with Crippen LogP contribution in [0.4, 0.5) is 0 Å². The number of hydrogen-bond donors (Lipinski definition) is 1. The molecule has 6 rings (SSSR count). The number of rotatable bonds is 8. The second-order valence-corrected chi connectivity index (χ2v) is 8.91. The molecule has 1 fully saturated rings. The second-order valence-electron chi connectivity index (χ2n) is 8.91. The smallest absolute Gasteiger partial charge is 0.253 e. The average molecular weight is 516 g/mol. The van der Waals surface area contributed by atoms with E-state index in [1.165, 1.54) is 0 Å². The lowest BCUT2D eigenvalue weighted by Gasteiger charge is -2.23. The first-order valence-corrected chi connectivity index (χ1v) is 12.2. The summed E-state index contributed by atoms with van der Waals surface area (Å²) in [6.07, 6.45) is 3.19. The minimum Gasteiger partial charge on any atom is -0.470 e. The Hall–Kier alpha value is -4.42. The van der Waals surface area contributed by atoms with Crippen LogP contribution >= 0.6 is 0 Å². The normalized spacial score (nSPS) is 14.2. The monoisotopic (exact) mass is 515 g/mol. The van der Waals surface area contributed by atoms with E-state index in [0.717, 1.165) is 23.6 Å². The summed E-state index contributed by atoms with van der Waals surface area (Å²) in [6, 6.07) is 13.0. The summed E-state index contributed by atoms with van der Waals surface area (Å²) in [7, 11) is 1.58. The summed E-state index contributed by atoms with van der Waals surface area (Å²) < 4.78 is 23.5. The summed E-state index contributed by atoms with van der Waals surface area (Å²) in [6.45, 7) is 1.78. The molecule has 0 spiro atoms. The van der Waals surface area contributed by atoms with Crippen molar-refractivity contribution >= 4 is 22.3 Å². The van der Waals surface area contributed by atoms with Crippen molar-refractivity contribution in [2.45, 2.75) is 32.1 Å². The summed E-state index contributed by atoms with van der Waals surface area (Å²) in [4.78, 5) is 17.0. The van der Waals surface area contributed by atoms with Gasteiger partial charge in [0, 0.05) is 49.4 Å². The molecule has 0 bridgehead atoms. The predicted molar refractivity (Wildman–Crippen MR) is 134 cm³/mol. The molecule has 194 valence electrons. The van der Waals surface area contributed by atoms with Crippen LogP contribution in [0.2, 0.25) is 0 Å². The Balaban J connectivity index is 1.23. The van der Waals surface area contributed by atoms with E-state index in [1.54, 1.807) is 36.0 Å². The number of pyridine rings is 1. The van der Waals surface area contributed by atoms with Gasteiger partial charge >= 0.3 is 0 Å². The Morgan fingerprint density at radius 1 is 1.11 bits per heavy atom. The van der Waals surface area contributed by atoms with Gasteiger partial charge in [0.2, 0.25) is 11.7 Å². The summed E-state index contributed by atoms with van der Waals surface area (Å²) in [5.41, 5.74) is 2.20. The Morgan fingerprint density at radius 2 is 1.95 bits per heavy atom. The molecule has 5 aromatic rings. The minimum atomic E-state index is -0.142. The average Bonchev–Trinajstić information content (AvgIpc) is 3.60. The molecule has 4 aromatic heterocycles. The van der Waals surface area contributed by atoms with E-state index < -0.39 is 0 Å². The van der Waals surface area contributed by atoms with E-state index >= 15 is 0 Å². The van der Waals surface area contributed by atoms with Crippen molar-refractivity contribution in [1.82, 2.24) is 35.3 Å². The number of methoxy groups -OCH3 is 1. The molecule has 1 aliphatic heterocycles. The SMILES string of the molecule is COCc1cc(-c2nnc3c4ccccc4c(OCc4ccc(C(=O)NC5CCOCC5)cn4)nn23)no1. The second kappa shape index (κ2) is 10.5. The van der Waals surface area contributed by atoms with Crippen molar-refractivity contribution < 1.29 is 23.5 Å². The number of fused-ring (bicyclic) bond motifs is 3. The number of ether oxygens (including phenoxy) is 3. The number of nitrogens with zero attached hydrogens (tertiary/aromatic N) is 6. The molecular formula is C26H25N7O5. The van der Waals surface area contributed by atoms with E-state index in [0.29, 0.717) is 53.3 Å². The van der Waals surface area contributed by atoms with Crippen molar-refractivity contribution in [3.05, 3.63) is 65.7 Å². The maximum Gasteiger partial charge on any atom is 0.253 e. The van der Waals surface area contributed by atoms with Gasteiger partial charge < -0.3 is 24.1 Å². The first-order valence-electron chi connectivity index (χ1n) is 12.2. The fourth-order valence-corrected chi connectivity index (χ4v) is 4.34. The highest BCUT2D eigenvalue weighted by atomic mass is 16.5. The van der Waals surface area contributed by atoms with Crippen LogP contribution in [-0.2, 0) is 22.7 Å². The molecule has 0 aliphatic carbocycles. The van der Waals surface area contributed by atoms with Crippen molar-refractivity contribution in [2.24, 2.45) is 0 Å². The Kier molecular flexibility index (Phi) is 6.63. The predicted octanol–water partition coefficient (Wildman–Crippen LogP) is 2.96. The molecule has 1 N–H and O–H groups in total. The lowest BCUT2D eigenvalue weighted by Crippen LogP contribution is -2.38. The van der Waals surface area contributed by atoms with Crippen molar-refractivity contribution in [3.8, 4) is 17.4 Å². The van der Waals surface area contributed by atoms with Crippen LogP contribution in [0.3, 0.4) is 0 Å². The van der Waals surface area contributed by atoms with Crippen molar-refractivity contribution in [3.63, 3.8) is 0 Å². The topological polar surface area (TPSA) is 139 Å². The van der Waals surface area contributed by atoms with Gasteiger partial charge in [-0.15, -0.1) is 15.3 Å². The van der Waals surface area contributed by atoms with E-state index in [4.69, 9.17) is 18.7 Å². The molecule has 0 saturated carbocycles. The Bertz CT molecular complexity index is 1570. The van der Waals surface area contributed by atoms with E-state index in [-0.39, 0.29) is 25.2 Å². The maximum atomic E-state index is 12.6. The third-order valence-electron chi connectivity index (χ3n) is 6.30. The molecule has 12 nitrogen and oxygen atoms in total. The molecule has 0 unspecified atom stereocenters. The van der Waals surface area contributed by atoms with Crippen LogP contribution in [0.1, 0.15) is 34.7 Å². The van der Waals surface area contributed by atoms with Crippen LogP contribution in [0, 0.1) is 0 Å². The number of amides is 1. The Labute approximate surface area is 216 Å². The molecular weight excluding hydrogens is 490 g/mol. The van der Waals surface area contributed by atoms with Crippen molar-refractivity contribution in [2.75, 3.05) is 20.3 Å². The van der Waals surface area contributed by atoms with Crippen LogP contribution in [0.5, 0.6) is 5.88 Å². The molecule has 5 heterocycles. The lowest BCUT2D eigenvalue weighted by atomic mass is 10.1. The van der Waals surface area contributed by atoms with Crippen LogP contribution < -0.4 is 10.1 Å². The number of aromatic nitrogens is 6. The third kappa shape index (κ3) is 4.78. The Morgan fingerprint density at radius 3 is 2.74 bits per heavy atom. The van der Waals surface area contributed by atoms with Gasteiger partial charge in [-0.25, -0.2) is 0 Å². The number of nitrogens with one attached hydrogen (secondary N) is 1. The van der Waals surface area contributed by atoms with Gasteiger partial charge in [0.25, 0.3) is 5.91 Å². The number of carbonyl (C=O) groups excluding carboxylic acids is 1. The zero-order chi connectivity index (χ0) is 25.9. The molecule has 38 heavy (non-hydrogen) atoms. The van der Waals surface area contributed by atoms with E-state index in [2.05, 4.69) is 30.8 Å². The largest absolute Gasteiger partial charge is 0.470 e. The van der Waals surface area contributed by atoms with E-state index in [1.807, 2.05) is 24.3 Å². The van der Waals surface area contributed by atoms with Gasteiger partial charge in [-0.3, -0.25) is 9.78 Å². The lowest BCUT2D eigenvalue weighted by molar-refractivity contribution is 0.0696. The number of hydrogen-bond acceptors (Lipinski definition) is 10. The van der Waals surface area contributed by atoms with Gasteiger partial charge in [0.05, 0.1) is 11.3 Å². The third-order valence-corrected chi connectivity index (χ3v) is 6.30. The highest BCUT2D eigenvalue weighted by molar-refractivity contribution is 5.97. The molecule has 12 heteroatoms. The van der Waals surface area contributed by atoms with Gasteiger partial charge in [-0.1, -0.05) is 23.4 Å². The van der Waals surface area contributed by atoms with Gasteiger partial charge in [0.15, 0.2) is 17.1 Å². The summed E-state index contributed by atoms with van der Waals surface area (Å²) >= 11 is 0. The van der Waals surface area contributed by atoms with Gasteiger partial charge in [-0.05, 0) is 31.0 Å². The van der Waals surface area contributed by atoms with Crippen LogP contribution in [0.25, 0.3) is 27.9 Å². The molecule has 0 radical (unpaired) electrons. The first-order chi connectivity index (χ1) is 18.7. The fourth-order valence-electron chi connectivity index (χ4n) is 4.34. The molecule has 1 saturated heterocycles. The standard InChI is InChI=1S/C26H25N7O5/c1-35-15-19-12-22(32-38-19)24-30-29-23-20-4-2-3-5-21(20)26(31-33(23)24)37-14-18-7-6-16(13-27-18)25(34)28-17-8-10-36-11-9-17/h2-7,12-13,17H,8-11,14-15H2,1H3,(H,28,34).